The van der Waals surface area contributed by atoms with Crippen molar-refractivity contribution >= 4 is 17.6 Å². The van der Waals surface area contributed by atoms with Gasteiger partial charge in [-0.2, -0.15) is 0 Å². The summed E-state index contributed by atoms with van der Waals surface area (Å²) in [5.41, 5.74) is 1.48. The summed E-state index contributed by atoms with van der Waals surface area (Å²) in [6.07, 6.45) is 0.867. The summed E-state index contributed by atoms with van der Waals surface area (Å²) in [4.78, 5) is 10.4. The van der Waals surface area contributed by atoms with E-state index < -0.39 is 11.8 Å². The lowest BCUT2D eigenvalue weighted by Crippen LogP contribution is -2.00. The van der Waals surface area contributed by atoms with Crippen molar-refractivity contribution in [2.45, 2.75) is 39.0 Å². The molecule has 0 aliphatic heterocycles. The quantitative estimate of drug-likeness (QED) is 0.866. The third-order valence-corrected chi connectivity index (χ3v) is 2.90. The third-order valence-electron chi connectivity index (χ3n) is 2.63. The first-order chi connectivity index (χ1) is 7.91. The highest BCUT2D eigenvalue weighted by molar-refractivity contribution is 6.30. The van der Waals surface area contributed by atoms with E-state index in [0.29, 0.717) is 18.4 Å². The fourth-order valence-electron chi connectivity index (χ4n) is 1.61. The first-order valence-electron chi connectivity index (χ1n) is 5.61. The van der Waals surface area contributed by atoms with Crippen molar-refractivity contribution in [1.82, 2.24) is 0 Å². The summed E-state index contributed by atoms with van der Waals surface area (Å²) in [7, 11) is 0. The zero-order valence-electron chi connectivity index (χ0n) is 9.96. The van der Waals surface area contributed by atoms with Gasteiger partial charge >= 0.3 is 5.97 Å². The Morgan fingerprint density at radius 1 is 1.47 bits per heavy atom. The van der Waals surface area contributed by atoms with Gasteiger partial charge in [0.05, 0.1) is 5.02 Å². The normalized spacial score (nSPS) is 10.9. The molecule has 0 bridgehead atoms. The van der Waals surface area contributed by atoms with Crippen LogP contribution in [-0.2, 0) is 11.2 Å². The summed E-state index contributed by atoms with van der Waals surface area (Å²) >= 11 is 5.81. The Hall–Kier alpha value is -1.09. The predicted molar refractivity (Wildman–Crippen MR) is 66.1 cm³/mol. The molecule has 0 aromatic heterocycles. The number of hydrogen-bond acceptors (Lipinski definition) is 1. The van der Waals surface area contributed by atoms with Crippen LogP contribution in [-0.4, -0.2) is 11.1 Å². The highest BCUT2D eigenvalue weighted by Crippen LogP contribution is 2.26. The number of carbonyl (C=O) groups is 1. The number of aryl methyl sites for hydroxylation is 1. The molecule has 0 saturated heterocycles. The summed E-state index contributed by atoms with van der Waals surface area (Å²) in [6, 6.07) is 3.40. The third kappa shape index (κ3) is 4.00. The first-order valence-corrected chi connectivity index (χ1v) is 5.99. The molecule has 94 valence electrons. The van der Waals surface area contributed by atoms with Crippen molar-refractivity contribution in [2.24, 2.45) is 0 Å². The zero-order valence-corrected chi connectivity index (χ0v) is 10.7. The van der Waals surface area contributed by atoms with Crippen LogP contribution < -0.4 is 0 Å². The Bertz CT molecular complexity index is 416. The van der Waals surface area contributed by atoms with Gasteiger partial charge in [-0.3, -0.25) is 4.79 Å². The van der Waals surface area contributed by atoms with Gasteiger partial charge in [0.25, 0.3) is 0 Å². The topological polar surface area (TPSA) is 37.3 Å². The van der Waals surface area contributed by atoms with Crippen LogP contribution in [0.4, 0.5) is 4.39 Å². The lowest BCUT2D eigenvalue weighted by atomic mass is 9.98. The number of benzene rings is 1. The van der Waals surface area contributed by atoms with Crippen molar-refractivity contribution in [3.05, 3.63) is 34.1 Å². The van der Waals surface area contributed by atoms with Crippen LogP contribution in [0.15, 0.2) is 12.1 Å². The average Bonchev–Trinajstić information content (AvgIpc) is 2.23. The maximum absolute atomic E-state index is 13.7. The molecule has 0 fully saturated rings. The molecule has 17 heavy (non-hydrogen) atoms. The molecular weight excluding hydrogens is 243 g/mol. The SMILES string of the molecule is CC(C)c1cc(Cl)c(F)c(CCCC(=O)O)c1. The highest BCUT2D eigenvalue weighted by atomic mass is 35.5. The Morgan fingerprint density at radius 3 is 2.65 bits per heavy atom. The van der Waals surface area contributed by atoms with E-state index in [1.165, 1.54) is 0 Å². The van der Waals surface area contributed by atoms with Crippen LogP contribution in [0, 0.1) is 5.82 Å². The maximum atomic E-state index is 13.7. The Morgan fingerprint density at radius 2 is 2.12 bits per heavy atom. The molecule has 0 heterocycles. The molecule has 0 radical (unpaired) electrons. The van der Waals surface area contributed by atoms with Crippen LogP contribution in [0.5, 0.6) is 0 Å². The molecule has 1 rings (SSSR count). The van der Waals surface area contributed by atoms with Gasteiger partial charge in [-0.25, -0.2) is 4.39 Å². The first kappa shape index (κ1) is 14.0. The fraction of sp³-hybridized carbons (Fsp3) is 0.462. The molecule has 1 N–H and O–H groups in total. The second-order valence-corrected chi connectivity index (χ2v) is 4.79. The van der Waals surface area contributed by atoms with Gasteiger partial charge in [-0.05, 0) is 36.0 Å². The molecule has 2 nitrogen and oxygen atoms in total. The van der Waals surface area contributed by atoms with Crippen molar-refractivity contribution in [3.63, 3.8) is 0 Å². The number of aliphatic carboxylic acids is 1. The van der Waals surface area contributed by atoms with E-state index in [0.717, 1.165) is 5.56 Å². The summed E-state index contributed by atoms with van der Waals surface area (Å²) in [5, 5.41) is 8.65. The molecular formula is C13H16ClFO2. The van der Waals surface area contributed by atoms with Crippen LogP contribution in [0.3, 0.4) is 0 Å². The lowest BCUT2D eigenvalue weighted by molar-refractivity contribution is -0.137. The second-order valence-electron chi connectivity index (χ2n) is 4.38. The summed E-state index contributed by atoms with van der Waals surface area (Å²) < 4.78 is 13.7. The molecule has 4 heteroatoms. The van der Waals surface area contributed by atoms with Crippen molar-refractivity contribution in [1.29, 1.82) is 0 Å². The number of carboxylic acids is 1. The van der Waals surface area contributed by atoms with E-state index in [4.69, 9.17) is 16.7 Å². The molecule has 0 aliphatic carbocycles. The molecule has 1 aromatic rings. The van der Waals surface area contributed by atoms with Gasteiger partial charge in [0.1, 0.15) is 5.82 Å². The van der Waals surface area contributed by atoms with E-state index >= 15 is 0 Å². The van der Waals surface area contributed by atoms with E-state index in [2.05, 4.69) is 0 Å². The van der Waals surface area contributed by atoms with Gasteiger partial charge in [0.15, 0.2) is 0 Å². The van der Waals surface area contributed by atoms with E-state index in [1.807, 2.05) is 13.8 Å². The molecule has 0 saturated carbocycles. The molecule has 0 spiro atoms. The number of rotatable bonds is 5. The van der Waals surface area contributed by atoms with Crippen LogP contribution in [0.1, 0.15) is 43.7 Å². The van der Waals surface area contributed by atoms with E-state index in [1.54, 1.807) is 12.1 Å². The van der Waals surface area contributed by atoms with E-state index in [9.17, 15) is 9.18 Å². The van der Waals surface area contributed by atoms with Crippen LogP contribution >= 0.6 is 11.6 Å². The van der Waals surface area contributed by atoms with Gasteiger partial charge in [-0.1, -0.05) is 31.5 Å². The van der Waals surface area contributed by atoms with Crippen molar-refractivity contribution < 1.29 is 14.3 Å². The largest absolute Gasteiger partial charge is 0.481 e. The molecule has 0 atom stereocenters. The van der Waals surface area contributed by atoms with E-state index in [-0.39, 0.29) is 17.4 Å². The fourth-order valence-corrected chi connectivity index (χ4v) is 1.86. The minimum Gasteiger partial charge on any atom is -0.481 e. The summed E-state index contributed by atoms with van der Waals surface area (Å²) in [5.74, 6) is -1.02. The Kier molecular flexibility index (Phi) is 4.94. The van der Waals surface area contributed by atoms with Gasteiger partial charge in [-0.15, -0.1) is 0 Å². The predicted octanol–water partition coefficient (Wildman–Crippen LogP) is 4.01. The highest BCUT2D eigenvalue weighted by Gasteiger charge is 2.11. The second kappa shape index (κ2) is 6.01. The summed E-state index contributed by atoms with van der Waals surface area (Å²) in [6.45, 7) is 4.01. The maximum Gasteiger partial charge on any atom is 0.303 e. The monoisotopic (exact) mass is 258 g/mol. The van der Waals surface area contributed by atoms with Crippen molar-refractivity contribution in [2.75, 3.05) is 0 Å². The number of carboxylic acid groups (broad SMARTS) is 1. The molecule has 0 unspecified atom stereocenters. The lowest BCUT2D eigenvalue weighted by Gasteiger charge is -2.10. The zero-order chi connectivity index (χ0) is 13.0. The number of hydrogen-bond donors (Lipinski definition) is 1. The Labute approximate surface area is 105 Å². The Balaban J connectivity index is 2.86. The minimum absolute atomic E-state index is 0.0446. The van der Waals surface area contributed by atoms with Crippen LogP contribution in [0.25, 0.3) is 0 Å². The van der Waals surface area contributed by atoms with Gasteiger partial charge in [0, 0.05) is 6.42 Å². The van der Waals surface area contributed by atoms with Crippen molar-refractivity contribution in [3.8, 4) is 0 Å². The smallest absolute Gasteiger partial charge is 0.303 e. The molecule has 1 aromatic carbocycles. The molecule has 0 amide bonds. The average molecular weight is 259 g/mol. The molecule has 0 aliphatic rings. The van der Waals surface area contributed by atoms with Crippen LogP contribution in [0.2, 0.25) is 5.02 Å². The van der Waals surface area contributed by atoms with Gasteiger partial charge < -0.3 is 5.11 Å². The minimum atomic E-state index is -0.864. The van der Waals surface area contributed by atoms with Gasteiger partial charge in [0.2, 0.25) is 0 Å². The standard InChI is InChI=1S/C13H16ClFO2/c1-8(2)10-6-9(4-3-5-12(16)17)13(15)11(14)7-10/h6-8H,3-5H2,1-2H3,(H,16,17). The number of halogens is 2.